The summed E-state index contributed by atoms with van der Waals surface area (Å²) in [5, 5.41) is 24.5. The number of rotatable bonds is 4. The monoisotopic (exact) mass is 295 g/mol. The lowest BCUT2D eigenvalue weighted by atomic mass is 9.87. The van der Waals surface area contributed by atoms with Gasteiger partial charge in [0.25, 0.3) is 5.69 Å². The molecule has 1 unspecified atom stereocenters. The Morgan fingerprint density at radius 1 is 1.33 bits per heavy atom. The van der Waals surface area contributed by atoms with Crippen LogP contribution in [0.5, 0.6) is 0 Å². The summed E-state index contributed by atoms with van der Waals surface area (Å²) in [5.41, 5.74) is -0.635. The molecule has 0 heterocycles. The molecule has 1 rings (SSSR count). The average Bonchev–Trinajstić information content (AvgIpc) is 2.34. The predicted molar refractivity (Wildman–Crippen MR) is 76.1 cm³/mol. The minimum atomic E-state index is -1.16. The molecule has 21 heavy (non-hydrogen) atoms. The van der Waals surface area contributed by atoms with Gasteiger partial charge in [-0.25, -0.2) is 9.59 Å². The maximum Gasteiger partial charge on any atom is 0.326 e. The van der Waals surface area contributed by atoms with E-state index in [1.165, 1.54) is 24.3 Å². The molecule has 1 atom stereocenters. The Labute approximate surface area is 121 Å². The summed E-state index contributed by atoms with van der Waals surface area (Å²) in [6.07, 6.45) is 0. The van der Waals surface area contributed by atoms with E-state index in [-0.39, 0.29) is 11.4 Å². The summed E-state index contributed by atoms with van der Waals surface area (Å²) in [6, 6.07) is 3.55. The van der Waals surface area contributed by atoms with E-state index in [2.05, 4.69) is 10.6 Å². The molecule has 0 aliphatic rings. The van der Waals surface area contributed by atoms with Crippen molar-refractivity contribution in [3.05, 3.63) is 34.4 Å². The minimum absolute atomic E-state index is 0.168. The van der Waals surface area contributed by atoms with Gasteiger partial charge in [-0.05, 0) is 11.5 Å². The summed E-state index contributed by atoms with van der Waals surface area (Å²) in [4.78, 5) is 33.0. The lowest BCUT2D eigenvalue weighted by molar-refractivity contribution is -0.384. The third kappa shape index (κ3) is 4.75. The molecule has 1 aromatic rings. The van der Waals surface area contributed by atoms with Crippen molar-refractivity contribution in [3.63, 3.8) is 0 Å². The number of nitrogens with one attached hydrogen (secondary N) is 2. The Kier molecular flexibility index (Phi) is 4.85. The Balaban J connectivity index is 2.79. The molecular formula is C13H17N3O5. The molecule has 114 valence electrons. The first-order valence-electron chi connectivity index (χ1n) is 6.16. The number of carboxylic acid groups (broad SMARTS) is 1. The number of nitro benzene ring substituents is 1. The molecule has 0 radical (unpaired) electrons. The van der Waals surface area contributed by atoms with E-state index in [1.807, 2.05) is 0 Å². The third-order valence-corrected chi connectivity index (χ3v) is 2.70. The van der Waals surface area contributed by atoms with Gasteiger partial charge in [0.2, 0.25) is 0 Å². The van der Waals surface area contributed by atoms with E-state index in [9.17, 15) is 19.7 Å². The van der Waals surface area contributed by atoms with Gasteiger partial charge in [0.05, 0.1) is 4.92 Å². The van der Waals surface area contributed by atoms with Crippen LogP contribution >= 0.6 is 0 Å². The molecule has 0 spiro atoms. The molecule has 8 heteroatoms. The van der Waals surface area contributed by atoms with E-state index in [0.717, 1.165) is 0 Å². The van der Waals surface area contributed by atoms with Crippen molar-refractivity contribution in [2.75, 3.05) is 5.32 Å². The number of anilines is 1. The van der Waals surface area contributed by atoms with E-state index < -0.39 is 28.4 Å². The van der Waals surface area contributed by atoms with Crippen molar-refractivity contribution in [1.29, 1.82) is 0 Å². The Morgan fingerprint density at radius 3 is 2.43 bits per heavy atom. The van der Waals surface area contributed by atoms with Crippen LogP contribution in [0.15, 0.2) is 24.3 Å². The van der Waals surface area contributed by atoms with Gasteiger partial charge in [0.1, 0.15) is 6.04 Å². The minimum Gasteiger partial charge on any atom is -0.480 e. The maximum absolute atomic E-state index is 11.8. The van der Waals surface area contributed by atoms with Gasteiger partial charge >= 0.3 is 12.0 Å². The third-order valence-electron chi connectivity index (χ3n) is 2.70. The van der Waals surface area contributed by atoms with Crippen LogP contribution in [0, 0.1) is 15.5 Å². The van der Waals surface area contributed by atoms with Crippen LogP contribution in [0.2, 0.25) is 0 Å². The van der Waals surface area contributed by atoms with Gasteiger partial charge < -0.3 is 15.7 Å². The fraction of sp³-hybridized carbons (Fsp3) is 0.385. The number of urea groups is 1. The number of hydrogen-bond donors (Lipinski definition) is 3. The zero-order valence-corrected chi connectivity index (χ0v) is 11.9. The molecule has 0 saturated heterocycles. The molecule has 8 nitrogen and oxygen atoms in total. The van der Waals surface area contributed by atoms with Crippen LogP contribution in [0.25, 0.3) is 0 Å². The van der Waals surface area contributed by atoms with Gasteiger partial charge in [0, 0.05) is 17.8 Å². The quantitative estimate of drug-likeness (QED) is 0.580. The van der Waals surface area contributed by atoms with Gasteiger partial charge in [0.15, 0.2) is 0 Å². The van der Waals surface area contributed by atoms with Crippen LogP contribution < -0.4 is 10.6 Å². The van der Waals surface area contributed by atoms with Crippen molar-refractivity contribution < 1.29 is 19.6 Å². The summed E-state index contributed by atoms with van der Waals surface area (Å²) < 4.78 is 0. The zero-order valence-electron chi connectivity index (χ0n) is 11.9. The highest BCUT2D eigenvalue weighted by Crippen LogP contribution is 2.20. The first-order valence-corrected chi connectivity index (χ1v) is 6.16. The van der Waals surface area contributed by atoms with Gasteiger partial charge in [-0.15, -0.1) is 0 Å². The van der Waals surface area contributed by atoms with Crippen molar-refractivity contribution in [2.24, 2.45) is 5.41 Å². The molecular weight excluding hydrogens is 278 g/mol. The van der Waals surface area contributed by atoms with Crippen LogP contribution in [-0.4, -0.2) is 28.1 Å². The Hall–Kier alpha value is -2.64. The second kappa shape index (κ2) is 6.21. The normalized spacial score (nSPS) is 12.3. The standard InChI is InChI=1S/C13H17N3O5/c1-13(2,3)10(11(17)18)15-12(19)14-8-5-4-6-9(7-8)16(20)21/h4-7,10H,1-3H3,(H,17,18)(H2,14,15,19). The molecule has 2 amide bonds. The molecule has 1 aromatic carbocycles. The number of hydrogen-bond acceptors (Lipinski definition) is 4. The molecule has 0 saturated carbocycles. The number of carboxylic acids is 1. The van der Waals surface area contributed by atoms with Crippen LogP contribution in [0.1, 0.15) is 20.8 Å². The summed E-state index contributed by atoms with van der Waals surface area (Å²) in [6.45, 7) is 5.04. The molecule has 0 aromatic heterocycles. The largest absolute Gasteiger partial charge is 0.480 e. The lowest BCUT2D eigenvalue weighted by Crippen LogP contribution is -2.50. The second-order valence-electron chi connectivity index (χ2n) is 5.54. The number of benzene rings is 1. The van der Waals surface area contributed by atoms with Gasteiger partial charge in [-0.3, -0.25) is 10.1 Å². The number of nitro groups is 1. The highest BCUT2D eigenvalue weighted by molar-refractivity contribution is 5.92. The van der Waals surface area contributed by atoms with Crippen LogP contribution in [0.4, 0.5) is 16.2 Å². The number of non-ortho nitro benzene ring substituents is 1. The fourth-order valence-electron chi connectivity index (χ4n) is 1.64. The summed E-state index contributed by atoms with van der Waals surface area (Å²) >= 11 is 0. The van der Waals surface area contributed by atoms with E-state index in [0.29, 0.717) is 0 Å². The van der Waals surface area contributed by atoms with Crippen molar-refractivity contribution in [2.45, 2.75) is 26.8 Å². The highest BCUT2D eigenvalue weighted by Gasteiger charge is 2.32. The highest BCUT2D eigenvalue weighted by atomic mass is 16.6. The maximum atomic E-state index is 11.8. The number of carbonyl (C=O) groups excluding carboxylic acids is 1. The van der Waals surface area contributed by atoms with Crippen LogP contribution in [0.3, 0.4) is 0 Å². The molecule has 0 aliphatic heterocycles. The molecule has 0 aliphatic carbocycles. The SMILES string of the molecule is CC(C)(C)C(NC(=O)Nc1cccc([N+](=O)[O-])c1)C(=O)O. The number of amides is 2. The van der Waals surface area contributed by atoms with Gasteiger partial charge in [-0.2, -0.15) is 0 Å². The van der Waals surface area contributed by atoms with Crippen LogP contribution in [-0.2, 0) is 4.79 Å². The van der Waals surface area contributed by atoms with E-state index >= 15 is 0 Å². The fourth-order valence-corrected chi connectivity index (χ4v) is 1.64. The van der Waals surface area contributed by atoms with E-state index in [4.69, 9.17) is 5.11 Å². The smallest absolute Gasteiger partial charge is 0.326 e. The molecule has 0 fully saturated rings. The number of carbonyl (C=O) groups is 2. The summed E-state index contributed by atoms with van der Waals surface area (Å²) in [7, 11) is 0. The molecule has 0 bridgehead atoms. The predicted octanol–water partition coefficient (Wildman–Crippen LogP) is 2.22. The molecule has 3 N–H and O–H groups in total. The zero-order chi connectivity index (χ0) is 16.2. The topological polar surface area (TPSA) is 122 Å². The van der Waals surface area contributed by atoms with Crippen molar-refractivity contribution in [1.82, 2.24) is 5.32 Å². The second-order valence-corrected chi connectivity index (χ2v) is 5.54. The van der Waals surface area contributed by atoms with Crippen molar-refractivity contribution >= 4 is 23.4 Å². The van der Waals surface area contributed by atoms with Crippen molar-refractivity contribution in [3.8, 4) is 0 Å². The summed E-state index contributed by atoms with van der Waals surface area (Å²) in [5.74, 6) is -1.16. The first kappa shape index (κ1) is 16.4. The van der Waals surface area contributed by atoms with Gasteiger partial charge in [-0.1, -0.05) is 26.8 Å². The average molecular weight is 295 g/mol. The lowest BCUT2D eigenvalue weighted by Gasteiger charge is -2.27. The number of nitrogens with zero attached hydrogens (tertiary/aromatic N) is 1. The number of aliphatic carboxylic acids is 1. The Morgan fingerprint density at radius 2 is 1.95 bits per heavy atom. The van der Waals surface area contributed by atoms with E-state index in [1.54, 1.807) is 20.8 Å². The Bertz CT molecular complexity index is 565. The first-order chi connectivity index (χ1) is 9.61.